The number of ether oxygens (including phenoxy) is 1. The quantitative estimate of drug-likeness (QED) is 0.678. The SMILES string of the molecule is CC(C)(C)OC(=O)c1cc(N)cnc1N. The Morgan fingerprint density at radius 3 is 2.53 bits per heavy atom. The average molecular weight is 209 g/mol. The van der Waals surface area contributed by atoms with Crippen molar-refractivity contribution < 1.29 is 9.53 Å². The third-order valence-corrected chi connectivity index (χ3v) is 1.56. The second kappa shape index (κ2) is 3.76. The first kappa shape index (κ1) is 11.3. The van der Waals surface area contributed by atoms with Crippen LogP contribution in [0, 0.1) is 0 Å². The van der Waals surface area contributed by atoms with Crippen molar-refractivity contribution in [1.82, 2.24) is 4.98 Å². The lowest BCUT2D eigenvalue weighted by molar-refractivity contribution is 0.00705. The smallest absolute Gasteiger partial charge is 0.342 e. The Hall–Kier alpha value is -1.78. The molecule has 1 aromatic heterocycles. The van der Waals surface area contributed by atoms with Crippen molar-refractivity contribution in [3.8, 4) is 0 Å². The zero-order valence-electron chi connectivity index (χ0n) is 9.07. The normalized spacial score (nSPS) is 11.1. The highest BCUT2D eigenvalue weighted by atomic mass is 16.6. The van der Waals surface area contributed by atoms with E-state index in [1.807, 2.05) is 0 Å². The van der Waals surface area contributed by atoms with E-state index in [0.717, 1.165) is 0 Å². The predicted molar refractivity (Wildman–Crippen MR) is 58.2 cm³/mol. The van der Waals surface area contributed by atoms with Crippen LogP contribution in [0.1, 0.15) is 31.1 Å². The molecule has 0 aliphatic rings. The van der Waals surface area contributed by atoms with E-state index >= 15 is 0 Å². The van der Waals surface area contributed by atoms with Gasteiger partial charge in [0.25, 0.3) is 0 Å². The van der Waals surface area contributed by atoms with Crippen LogP contribution in [0.3, 0.4) is 0 Å². The molecular weight excluding hydrogens is 194 g/mol. The minimum absolute atomic E-state index is 0.124. The van der Waals surface area contributed by atoms with Gasteiger partial charge < -0.3 is 16.2 Å². The third kappa shape index (κ3) is 3.12. The Bertz CT molecular complexity index is 383. The molecule has 5 nitrogen and oxygen atoms in total. The zero-order valence-corrected chi connectivity index (χ0v) is 9.07. The molecule has 0 aliphatic heterocycles. The molecule has 0 bridgehead atoms. The second-order valence-corrected chi connectivity index (χ2v) is 4.20. The summed E-state index contributed by atoms with van der Waals surface area (Å²) in [5.74, 6) is -0.391. The summed E-state index contributed by atoms with van der Waals surface area (Å²) in [5, 5.41) is 0. The number of pyridine rings is 1. The number of nitrogen functional groups attached to an aromatic ring is 2. The van der Waals surface area contributed by atoms with Crippen LogP contribution < -0.4 is 11.5 Å². The van der Waals surface area contributed by atoms with E-state index in [0.29, 0.717) is 5.69 Å². The van der Waals surface area contributed by atoms with Gasteiger partial charge in [-0.05, 0) is 26.8 Å². The fourth-order valence-electron chi connectivity index (χ4n) is 0.988. The maximum atomic E-state index is 11.6. The number of rotatable bonds is 1. The standard InChI is InChI=1S/C10H15N3O2/c1-10(2,3)15-9(14)7-4-6(11)5-13-8(7)12/h4-5H,11H2,1-3H3,(H2,12,13). The fraction of sp³-hybridized carbons (Fsp3) is 0.400. The Labute approximate surface area is 88.4 Å². The second-order valence-electron chi connectivity index (χ2n) is 4.20. The van der Waals surface area contributed by atoms with Crippen LogP contribution in [0.5, 0.6) is 0 Å². The van der Waals surface area contributed by atoms with Crippen molar-refractivity contribution in [1.29, 1.82) is 0 Å². The summed E-state index contributed by atoms with van der Waals surface area (Å²) in [6.45, 7) is 5.34. The van der Waals surface area contributed by atoms with Crippen LogP contribution >= 0.6 is 0 Å². The first-order chi connectivity index (χ1) is 6.79. The molecule has 1 rings (SSSR count). The zero-order chi connectivity index (χ0) is 11.6. The van der Waals surface area contributed by atoms with E-state index in [1.54, 1.807) is 20.8 Å². The maximum absolute atomic E-state index is 11.6. The lowest BCUT2D eigenvalue weighted by Gasteiger charge is -2.19. The lowest BCUT2D eigenvalue weighted by atomic mass is 10.2. The van der Waals surface area contributed by atoms with Crippen molar-refractivity contribution in [2.24, 2.45) is 0 Å². The number of hydrogen-bond donors (Lipinski definition) is 2. The highest BCUT2D eigenvalue weighted by Crippen LogP contribution is 2.17. The third-order valence-electron chi connectivity index (χ3n) is 1.56. The molecule has 0 amide bonds. The summed E-state index contributed by atoms with van der Waals surface area (Å²) < 4.78 is 5.15. The molecule has 15 heavy (non-hydrogen) atoms. The first-order valence-corrected chi connectivity index (χ1v) is 4.54. The van der Waals surface area contributed by atoms with Gasteiger partial charge in [0.05, 0.1) is 11.9 Å². The number of nitrogens with zero attached hydrogens (tertiary/aromatic N) is 1. The number of nitrogens with two attached hydrogens (primary N) is 2. The summed E-state index contributed by atoms with van der Waals surface area (Å²) in [6, 6.07) is 1.45. The van der Waals surface area contributed by atoms with E-state index in [-0.39, 0.29) is 11.4 Å². The summed E-state index contributed by atoms with van der Waals surface area (Å²) in [7, 11) is 0. The van der Waals surface area contributed by atoms with Crippen molar-refractivity contribution in [2.75, 3.05) is 11.5 Å². The molecule has 0 unspecified atom stereocenters. The number of esters is 1. The van der Waals surface area contributed by atoms with Crippen molar-refractivity contribution in [3.05, 3.63) is 17.8 Å². The number of aromatic nitrogens is 1. The summed E-state index contributed by atoms with van der Waals surface area (Å²) >= 11 is 0. The van der Waals surface area contributed by atoms with E-state index < -0.39 is 11.6 Å². The number of hydrogen-bond acceptors (Lipinski definition) is 5. The summed E-state index contributed by atoms with van der Waals surface area (Å²) in [5.41, 5.74) is 11.1. The van der Waals surface area contributed by atoms with Crippen LogP contribution in [0.4, 0.5) is 11.5 Å². The van der Waals surface area contributed by atoms with Gasteiger partial charge in [0.15, 0.2) is 0 Å². The Morgan fingerprint density at radius 2 is 2.00 bits per heavy atom. The molecule has 0 fully saturated rings. The van der Waals surface area contributed by atoms with Gasteiger partial charge in [-0.25, -0.2) is 9.78 Å². The molecule has 82 valence electrons. The first-order valence-electron chi connectivity index (χ1n) is 4.54. The molecule has 0 aliphatic carbocycles. The molecule has 0 radical (unpaired) electrons. The predicted octanol–water partition coefficient (Wildman–Crippen LogP) is 1.20. The van der Waals surface area contributed by atoms with Gasteiger partial charge in [-0.2, -0.15) is 0 Å². The van der Waals surface area contributed by atoms with Gasteiger partial charge in [-0.15, -0.1) is 0 Å². The van der Waals surface area contributed by atoms with Crippen LogP contribution in [-0.2, 0) is 4.74 Å². The molecule has 0 atom stereocenters. The van der Waals surface area contributed by atoms with Crippen molar-refractivity contribution in [3.63, 3.8) is 0 Å². The van der Waals surface area contributed by atoms with Crippen molar-refractivity contribution >= 4 is 17.5 Å². The molecular formula is C10H15N3O2. The van der Waals surface area contributed by atoms with Crippen LogP contribution in [-0.4, -0.2) is 16.6 Å². The molecule has 0 aromatic carbocycles. The van der Waals surface area contributed by atoms with Gasteiger partial charge in [-0.1, -0.05) is 0 Å². The van der Waals surface area contributed by atoms with Crippen molar-refractivity contribution in [2.45, 2.75) is 26.4 Å². The van der Waals surface area contributed by atoms with Gasteiger partial charge in [0.2, 0.25) is 0 Å². The molecule has 1 heterocycles. The highest BCUT2D eigenvalue weighted by molar-refractivity contribution is 5.95. The minimum Gasteiger partial charge on any atom is -0.456 e. The summed E-state index contributed by atoms with van der Waals surface area (Å²) in [4.78, 5) is 15.4. The topological polar surface area (TPSA) is 91.2 Å². The van der Waals surface area contributed by atoms with E-state index in [9.17, 15) is 4.79 Å². The maximum Gasteiger partial charge on any atom is 0.342 e. The largest absolute Gasteiger partial charge is 0.456 e. The minimum atomic E-state index is -0.561. The number of carbonyl (C=O) groups is 1. The van der Waals surface area contributed by atoms with Crippen LogP contribution in [0.25, 0.3) is 0 Å². The van der Waals surface area contributed by atoms with Gasteiger partial charge in [-0.3, -0.25) is 0 Å². The van der Waals surface area contributed by atoms with E-state index in [4.69, 9.17) is 16.2 Å². The monoisotopic (exact) mass is 209 g/mol. The number of anilines is 2. The Morgan fingerprint density at radius 1 is 1.40 bits per heavy atom. The van der Waals surface area contributed by atoms with E-state index in [1.165, 1.54) is 12.3 Å². The van der Waals surface area contributed by atoms with Crippen LogP contribution in [0.15, 0.2) is 12.3 Å². The molecule has 1 aromatic rings. The number of carbonyl (C=O) groups excluding carboxylic acids is 1. The Kier molecular flexibility index (Phi) is 2.83. The molecule has 0 spiro atoms. The molecule has 0 saturated carbocycles. The molecule has 5 heteroatoms. The van der Waals surface area contributed by atoms with Gasteiger partial charge >= 0.3 is 5.97 Å². The average Bonchev–Trinajstić information content (AvgIpc) is 2.06. The molecule has 4 N–H and O–H groups in total. The molecule has 0 saturated heterocycles. The summed E-state index contributed by atoms with van der Waals surface area (Å²) in [6.07, 6.45) is 1.39. The Balaban J connectivity index is 2.96. The van der Waals surface area contributed by atoms with Gasteiger partial charge in [0.1, 0.15) is 17.0 Å². The highest BCUT2D eigenvalue weighted by Gasteiger charge is 2.20. The fourth-order valence-corrected chi connectivity index (χ4v) is 0.988. The van der Waals surface area contributed by atoms with E-state index in [2.05, 4.69) is 4.98 Å². The van der Waals surface area contributed by atoms with Gasteiger partial charge in [0, 0.05) is 0 Å². The lowest BCUT2D eigenvalue weighted by Crippen LogP contribution is -2.24. The van der Waals surface area contributed by atoms with Crippen LogP contribution in [0.2, 0.25) is 0 Å².